The number of allylic oxidation sites excluding steroid dienone is 1. The van der Waals surface area contributed by atoms with Crippen molar-refractivity contribution in [3.05, 3.63) is 11.6 Å². The smallest absolute Gasteiger partial charge is 0.0693 e. The van der Waals surface area contributed by atoms with Gasteiger partial charge < -0.3 is 10.4 Å². The van der Waals surface area contributed by atoms with Gasteiger partial charge in [-0.1, -0.05) is 30.9 Å². The van der Waals surface area contributed by atoms with Gasteiger partial charge in [0.25, 0.3) is 0 Å². The van der Waals surface area contributed by atoms with Crippen LogP contribution in [0.5, 0.6) is 0 Å². The van der Waals surface area contributed by atoms with Crippen molar-refractivity contribution in [1.29, 1.82) is 0 Å². The Morgan fingerprint density at radius 1 is 1.10 bits per heavy atom. The molecule has 2 rings (SSSR count). The topological polar surface area (TPSA) is 35.5 Å². The largest absolute Gasteiger partial charge is 0.392 e. The Labute approximate surface area is 124 Å². The molecule has 2 N–H and O–H groups in total. The molecule has 2 fully saturated rings. The molecule has 20 heavy (non-hydrogen) atoms. The van der Waals surface area contributed by atoms with Crippen molar-refractivity contribution in [3.8, 4) is 0 Å². The Bertz CT molecular complexity index is 304. The van der Waals surface area contributed by atoms with Crippen LogP contribution in [-0.4, -0.2) is 47.8 Å². The van der Waals surface area contributed by atoms with Gasteiger partial charge in [0.2, 0.25) is 0 Å². The predicted molar refractivity (Wildman–Crippen MR) is 84.9 cm³/mol. The maximum absolute atomic E-state index is 10.2. The number of hydrogen-bond donors (Lipinski definition) is 2. The van der Waals surface area contributed by atoms with Crippen LogP contribution in [0.1, 0.15) is 58.8 Å². The minimum atomic E-state index is -0.124. The molecule has 1 aliphatic heterocycles. The highest BCUT2D eigenvalue weighted by Gasteiger charge is 2.26. The first kappa shape index (κ1) is 16.0. The number of likely N-dealkylation sites (tertiary alicyclic amines) is 1. The van der Waals surface area contributed by atoms with Crippen LogP contribution in [0.4, 0.5) is 0 Å². The van der Waals surface area contributed by atoms with Gasteiger partial charge in [-0.15, -0.1) is 0 Å². The molecule has 2 aliphatic rings. The first-order valence-electron chi connectivity index (χ1n) is 8.45. The van der Waals surface area contributed by atoms with E-state index < -0.39 is 0 Å². The lowest BCUT2D eigenvalue weighted by atomic mass is 10.00. The molecule has 3 nitrogen and oxygen atoms in total. The number of hydrogen-bond acceptors (Lipinski definition) is 3. The van der Waals surface area contributed by atoms with Gasteiger partial charge in [0, 0.05) is 18.6 Å². The van der Waals surface area contributed by atoms with Gasteiger partial charge in [0.05, 0.1) is 6.10 Å². The zero-order valence-corrected chi connectivity index (χ0v) is 13.3. The molecule has 0 radical (unpaired) electrons. The van der Waals surface area contributed by atoms with Crippen molar-refractivity contribution in [2.24, 2.45) is 0 Å². The fourth-order valence-electron chi connectivity index (χ4n) is 3.38. The van der Waals surface area contributed by atoms with Crippen LogP contribution < -0.4 is 5.32 Å². The minimum absolute atomic E-state index is 0.124. The van der Waals surface area contributed by atoms with Gasteiger partial charge in [0.1, 0.15) is 0 Å². The van der Waals surface area contributed by atoms with E-state index >= 15 is 0 Å². The lowest BCUT2D eigenvalue weighted by Crippen LogP contribution is -2.49. The lowest BCUT2D eigenvalue weighted by molar-refractivity contribution is 0.103. The van der Waals surface area contributed by atoms with Crippen LogP contribution in [0.15, 0.2) is 11.6 Å². The van der Waals surface area contributed by atoms with Crippen molar-refractivity contribution in [3.63, 3.8) is 0 Å². The molecule has 2 atom stereocenters. The summed E-state index contributed by atoms with van der Waals surface area (Å²) in [7, 11) is 0. The summed E-state index contributed by atoms with van der Waals surface area (Å²) >= 11 is 0. The molecule has 0 aromatic heterocycles. The Hall–Kier alpha value is -0.380. The first-order chi connectivity index (χ1) is 9.65. The summed E-state index contributed by atoms with van der Waals surface area (Å²) in [6.07, 6.45) is 10.5. The van der Waals surface area contributed by atoms with E-state index in [-0.39, 0.29) is 6.10 Å². The molecule has 0 amide bonds. The predicted octanol–water partition coefficient (Wildman–Crippen LogP) is 2.70. The number of nitrogens with one attached hydrogen (secondary N) is 1. The first-order valence-corrected chi connectivity index (χ1v) is 8.45. The summed E-state index contributed by atoms with van der Waals surface area (Å²) in [6, 6.07) is 0.947. The summed E-state index contributed by atoms with van der Waals surface area (Å²) in [6.45, 7) is 7.80. The summed E-state index contributed by atoms with van der Waals surface area (Å²) in [5.41, 5.74) is 1.41. The number of aliphatic hydroxyl groups excluding tert-OH is 1. The van der Waals surface area contributed by atoms with Gasteiger partial charge in [-0.3, -0.25) is 4.90 Å². The molecule has 0 aromatic rings. The number of nitrogens with zero attached hydrogens (tertiary/aromatic N) is 1. The average molecular weight is 280 g/mol. The van der Waals surface area contributed by atoms with Gasteiger partial charge >= 0.3 is 0 Å². The molecular formula is C17H32N2O. The van der Waals surface area contributed by atoms with E-state index in [1.54, 1.807) is 0 Å². The van der Waals surface area contributed by atoms with Crippen LogP contribution in [0.25, 0.3) is 0 Å². The lowest BCUT2D eigenvalue weighted by Gasteiger charge is -2.35. The third kappa shape index (κ3) is 5.19. The van der Waals surface area contributed by atoms with Gasteiger partial charge in [-0.05, 0) is 52.6 Å². The molecular weight excluding hydrogens is 248 g/mol. The Morgan fingerprint density at radius 3 is 2.50 bits per heavy atom. The molecule has 2 unspecified atom stereocenters. The molecule has 1 aliphatic carbocycles. The third-order valence-corrected chi connectivity index (χ3v) is 4.77. The van der Waals surface area contributed by atoms with Crippen molar-refractivity contribution < 1.29 is 5.11 Å². The van der Waals surface area contributed by atoms with Gasteiger partial charge in [-0.2, -0.15) is 0 Å². The van der Waals surface area contributed by atoms with E-state index in [0.29, 0.717) is 12.1 Å². The number of aliphatic hydroxyl groups is 1. The van der Waals surface area contributed by atoms with Crippen LogP contribution in [0, 0.1) is 0 Å². The van der Waals surface area contributed by atoms with E-state index in [2.05, 4.69) is 30.1 Å². The number of piperidine rings is 1. The number of rotatable bonds is 4. The second-order valence-electron chi connectivity index (χ2n) is 6.83. The summed E-state index contributed by atoms with van der Waals surface area (Å²) in [5.74, 6) is 0. The normalized spacial score (nSPS) is 29.9. The van der Waals surface area contributed by atoms with Crippen molar-refractivity contribution in [2.45, 2.75) is 77.0 Å². The zero-order chi connectivity index (χ0) is 14.4. The third-order valence-electron chi connectivity index (χ3n) is 4.77. The summed E-state index contributed by atoms with van der Waals surface area (Å²) in [5, 5.41) is 13.9. The van der Waals surface area contributed by atoms with Crippen LogP contribution in [0.3, 0.4) is 0 Å². The van der Waals surface area contributed by atoms with Crippen molar-refractivity contribution in [1.82, 2.24) is 10.2 Å². The Kier molecular flexibility index (Phi) is 6.53. The molecule has 1 saturated heterocycles. The van der Waals surface area contributed by atoms with Crippen LogP contribution >= 0.6 is 0 Å². The van der Waals surface area contributed by atoms with E-state index in [0.717, 1.165) is 19.4 Å². The maximum atomic E-state index is 10.2. The van der Waals surface area contributed by atoms with Crippen molar-refractivity contribution >= 4 is 0 Å². The Balaban J connectivity index is 1.72. The SMILES string of the molecule is CC(C)=CCN1CCC(NC2CCCCCC2O)CC1. The average Bonchev–Trinajstić information content (AvgIpc) is 2.63. The molecule has 0 spiro atoms. The minimum Gasteiger partial charge on any atom is -0.392 e. The molecule has 0 bridgehead atoms. The van der Waals surface area contributed by atoms with Crippen LogP contribution in [0.2, 0.25) is 0 Å². The maximum Gasteiger partial charge on any atom is 0.0693 e. The molecule has 3 heteroatoms. The molecule has 116 valence electrons. The Morgan fingerprint density at radius 2 is 1.80 bits per heavy atom. The molecule has 1 saturated carbocycles. The molecule has 1 heterocycles. The fourth-order valence-corrected chi connectivity index (χ4v) is 3.38. The van der Waals surface area contributed by atoms with E-state index in [4.69, 9.17) is 0 Å². The highest BCUT2D eigenvalue weighted by atomic mass is 16.3. The summed E-state index contributed by atoms with van der Waals surface area (Å²) < 4.78 is 0. The second-order valence-corrected chi connectivity index (χ2v) is 6.83. The van der Waals surface area contributed by atoms with E-state index in [1.807, 2.05) is 0 Å². The van der Waals surface area contributed by atoms with Gasteiger partial charge in [-0.25, -0.2) is 0 Å². The highest BCUT2D eigenvalue weighted by molar-refractivity contribution is 4.96. The van der Waals surface area contributed by atoms with Crippen LogP contribution in [-0.2, 0) is 0 Å². The monoisotopic (exact) mass is 280 g/mol. The van der Waals surface area contributed by atoms with E-state index in [9.17, 15) is 5.11 Å². The zero-order valence-electron chi connectivity index (χ0n) is 13.3. The second kappa shape index (κ2) is 8.16. The summed E-state index contributed by atoms with van der Waals surface area (Å²) in [4.78, 5) is 2.54. The van der Waals surface area contributed by atoms with E-state index in [1.165, 1.54) is 50.8 Å². The fraction of sp³-hybridized carbons (Fsp3) is 0.882. The quantitative estimate of drug-likeness (QED) is 0.614. The van der Waals surface area contributed by atoms with Crippen molar-refractivity contribution in [2.75, 3.05) is 19.6 Å². The standard InChI is InChI=1S/C17H32N2O/c1-14(2)8-11-19-12-9-15(10-13-19)18-16-6-4-3-5-7-17(16)20/h8,15-18,20H,3-7,9-13H2,1-2H3. The molecule has 0 aromatic carbocycles. The van der Waals surface area contributed by atoms with Gasteiger partial charge in [0.15, 0.2) is 0 Å². The highest BCUT2D eigenvalue weighted by Crippen LogP contribution is 2.20.